The topological polar surface area (TPSA) is 24.7 Å². The van der Waals surface area contributed by atoms with Crippen LogP contribution in [0, 0.1) is 0 Å². The minimum absolute atomic E-state index is 0.850. The summed E-state index contributed by atoms with van der Waals surface area (Å²) in [5, 5.41) is 8.21. The zero-order valence-electron chi connectivity index (χ0n) is 8.11. The van der Waals surface area contributed by atoms with Gasteiger partial charge in [0.1, 0.15) is 0 Å². The predicted octanol–water partition coefficient (Wildman–Crippen LogP) is 3.96. The molecule has 0 fully saturated rings. The third-order valence-electron chi connectivity index (χ3n) is 1.80. The molecule has 0 radical (unpaired) electrons. The molecular formula is C11H16N2. The van der Waals surface area contributed by atoms with E-state index in [1.807, 2.05) is 30.3 Å². The maximum Gasteiger partial charge on any atom is 0.0852 e. The first-order chi connectivity index (χ1) is 6.43. The van der Waals surface area contributed by atoms with Gasteiger partial charge in [0.15, 0.2) is 0 Å². The Kier molecular flexibility index (Phi) is 4.84. The number of azo groups is 1. The van der Waals surface area contributed by atoms with Gasteiger partial charge in [0, 0.05) is 0 Å². The largest absolute Gasteiger partial charge is 0.189 e. The van der Waals surface area contributed by atoms with Gasteiger partial charge in [-0.3, -0.25) is 0 Å². The summed E-state index contributed by atoms with van der Waals surface area (Å²) >= 11 is 0. The molecule has 0 unspecified atom stereocenters. The Morgan fingerprint density at radius 1 is 1.08 bits per heavy atom. The Morgan fingerprint density at radius 2 is 1.85 bits per heavy atom. The van der Waals surface area contributed by atoms with E-state index in [-0.39, 0.29) is 0 Å². The number of hydrogen-bond donors (Lipinski definition) is 0. The number of rotatable bonds is 5. The molecule has 0 aromatic heterocycles. The molecule has 0 amide bonds. The highest BCUT2D eigenvalue weighted by atomic mass is 15.1. The molecule has 70 valence electrons. The summed E-state index contributed by atoms with van der Waals surface area (Å²) in [7, 11) is 0. The van der Waals surface area contributed by atoms with Gasteiger partial charge in [0.05, 0.1) is 12.2 Å². The molecule has 0 spiro atoms. The molecule has 0 aliphatic carbocycles. The molecule has 1 aromatic rings. The van der Waals surface area contributed by atoms with E-state index in [9.17, 15) is 0 Å². The van der Waals surface area contributed by atoms with Crippen LogP contribution in [-0.4, -0.2) is 6.54 Å². The molecule has 0 saturated carbocycles. The van der Waals surface area contributed by atoms with Crippen molar-refractivity contribution in [3.8, 4) is 0 Å². The first kappa shape index (κ1) is 9.90. The second-order valence-corrected chi connectivity index (χ2v) is 3.01. The van der Waals surface area contributed by atoms with Gasteiger partial charge >= 0.3 is 0 Å². The van der Waals surface area contributed by atoms with Crippen LogP contribution in [0.25, 0.3) is 0 Å². The molecule has 0 aliphatic heterocycles. The molecule has 2 nitrogen and oxygen atoms in total. The van der Waals surface area contributed by atoms with E-state index in [4.69, 9.17) is 0 Å². The Bertz CT molecular complexity index is 242. The summed E-state index contributed by atoms with van der Waals surface area (Å²) in [5.74, 6) is 0. The monoisotopic (exact) mass is 176 g/mol. The number of unbranched alkanes of at least 4 members (excludes halogenated alkanes) is 2. The van der Waals surface area contributed by atoms with Crippen LogP contribution >= 0.6 is 0 Å². The Labute approximate surface area is 79.7 Å². The van der Waals surface area contributed by atoms with Crippen molar-refractivity contribution in [3.05, 3.63) is 30.3 Å². The van der Waals surface area contributed by atoms with Crippen molar-refractivity contribution in [1.82, 2.24) is 0 Å². The summed E-state index contributed by atoms with van der Waals surface area (Å²) in [6, 6.07) is 9.85. The average molecular weight is 176 g/mol. The van der Waals surface area contributed by atoms with Gasteiger partial charge in [-0.25, -0.2) is 0 Å². The van der Waals surface area contributed by atoms with Crippen molar-refractivity contribution in [2.24, 2.45) is 10.2 Å². The summed E-state index contributed by atoms with van der Waals surface area (Å²) in [5.41, 5.74) is 0.944. The lowest BCUT2D eigenvalue weighted by molar-refractivity contribution is 0.713. The molecule has 2 heteroatoms. The van der Waals surface area contributed by atoms with Crippen molar-refractivity contribution < 1.29 is 0 Å². The van der Waals surface area contributed by atoms with Crippen LogP contribution in [-0.2, 0) is 0 Å². The Hall–Kier alpha value is -1.18. The molecule has 0 heterocycles. The molecule has 0 bridgehead atoms. The van der Waals surface area contributed by atoms with Crippen LogP contribution in [0.15, 0.2) is 40.6 Å². The van der Waals surface area contributed by atoms with E-state index in [1.165, 1.54) is 12.8 Å². The van der Waals surface area contributed by atoms with E-state index >= 15 is 0 Å². The van der Waals surface area contributed by atoms with E-state index in [2.05, 4.69) is 17.2 Å². The van der Waals surface area contributed by atoms with Crippen molar-refractivity contribution in [1.29, 1.82) is 0 Å². The average Bonchev–Trinajstić information content (AvgIpc) is 2.19. The number of benzene rings is 1. The van der Waals surface area contributed by atoms with E-state index in [1.54, 1.807) is 0 Å². The van der Waals surface area contributed by atoms with Gasteiger partial charge in [-0.1, -0.05) is 38.0 Å². The fourth-order valence-electron chi connectivity index (χ4n) is 1.06. The fourth-order valence-corrected chi connectivity index (χ4v) is 1.06. The lowest BCUT2D eigenvalue weighted by Gasteiger charge is -1.92. The molecule has 0 N–H and O–H groups in total. The minimum atomic E-state index is 0.850. The van der Waals surface area contributed by atoms with Crippen LogP contribution < -0.4 is 0 Å². The fraction of sp³-hybridized carbons (Fsp3) is 0.455. The predicted molar refractivity (Wildman–Crippen MR) is 55.4 cm³/mol. The highest BCUT2D eigenvalue weighted by Crippen LogP contribution is 2.10. The van der Waals surface area contributed by atoms with Crippen LogP contribution in [0.5, 0.6) is 0 Å². The normalized spacial score (nSPS) is 10.8. The second-order valence-electron chi connectivity index (χ2n) is 3.01. The van der Waals surface area contributed by atoms with Crippen LogP contribution in [0.4, 0.5) is 5.69 Å². The maximum absolute atomic E-state index is 4.10. The van der Waals surface area contributed by atoms with Gasteiger partial charge in [-0.2, -0.15) is 10.2 Å². The molecule has 0 saturated heterocycles. The van der Waals surface area contributed by atoms with Crippen molar-refractivity contribution in [2.45, 2.75) is 26.2 Å². The van der Waals surface area contributed by atoms with E-state index in [0.717, 1.165) is 18.7 Å². The summed E-state index contributed by atoms with van der Waals surface area (Å²) in [4.78, 5) is 0. The number of nitrogens with zero attached hydrogens (tertiary/aromatic N) is 2. The van der Waals surface area contributed by atoms with Crippen molar-refractivity contribution in [2.75, 3.05) is 6.54 Å². The highest BCUT2D eigenvalue weighted by Gasteiger charge is 1.85. The van der Waals surface area contributed by atoms with Crippen molar-refractivity contribution in [3.63, 3.8) is 0 Å². The third kappa shape index (κ3) is 4.41. The molecule has 0 aliphatic rings. The maximum atomic E-state index is 4.10. The molecule has 1 rings (SSSR count). The van der Waals surface area contributed by atoms with Crippen LogP contribution in [0.3, 0.4) is 0 Å². The van der Waals surface area contributed by atoms with Crippen LogP contribution in [0.2, 0.25) is 0 Å². The quantitative estimate of drug-likeness (QED) is 0.479. The molecule has 1 aromatic carbocycles. The molecule has 13 heavy (non-hydrogen) atoms. The SMILES string of the molecule is CCCCC/N=N/c1ccccc1. The third-order valence-corrected chi connectivity index (χ3v) is 1.80. The lowest BCUT2D eigenvalue weighted by atomic mass is 10.3. The first-order valence-corrected chi connectivity index (χ1v) is 4.86. The van der Waals surface area contributed by atoms with Crippen LogP contribution in [0.1, 0.15) is 26.2 Å². The standard InChI is InChI=1S/C11H16N2/c1-2-3-7-10-12-13-11-8-5-4-6-9-11/h4-6,8-9H,2-3,7,10H2,1H3/b13-12+. The Morgan fingerprint density at radius 3 is 2.54 bits per heavy atom. The first-order valence-electron chi connectivity index (χ1n) is 4.86. The molecular weight excluding hydrogens is 160 g/mol. The zero-order valence-corrected chi connectivity index (χ0v) is 8.11. The van der Waals surface area contributed by atoms with Gasteiger partial charge in [0.2, 0.25) is 0 Å². The highest BCUT2D eigenvalue weighted by molar-refractivity contribution is 5.34. The van der Waals surface area contributed by atoms with E-state index < -0.39 is 0 Å². The lowest BCUT2D eigenvalue weighted by Crippen LogP contribution is -1.77. The smallest absolute Gasteiger partial charge is 0.0852 e. The Balaban J connectivity index is 2.25. The zero-order chi connectivity index (χ0) is 9.36. The summed E-state index contributed by atoms with van der Waals surface area (Å²) in [6.07, 6.45) is 3.63. The number of hydrogen-bond acceptors (Lipinski definition) is 2. The summed E-state index contributed by atoms with van der Waals surface area (Å²) in [6.45, 7) is 3.04. The van der Waals surface area contributed by atoms with E-state index in [0.29, 0.717) is 0 Å². The van der Waals surface area contributed by atoms with Gasteiger partial charge in [-0.05, 0) is 18.6 Å². The van der Waals surface area contributed by atoms with Crippen molar-refractivity contribution >= 4 is 5.69 Å². The van der Waals surface area contributed by atoms with Gasteiger partial charge < -0.3 is 0 Å². The minimum Gasteiger partial charge on any atom is -0.189 e. The van der Waals surface area contributed by atoms with Gasteiger partial charge in [-0.15, -0.1) is 0 Å². The summed E-state index contributed by atoms with van der Waals surface area (Å²) < 4.78 is 0. The van der Waals surface area contributed by atoms with Gasteiger partial charge in [0.25, 0.3) is 0 Å². The second kappa shape index (κ2) is 6.35. The molecule has 0 atom stereocenters.